The highest BCUT2D eigenvalue weighted by Gasteiger charge is 2.40. The topological polar surface area (TPSA) is 99.4 Å². The highest BCUT2D eigenvalue weighted by molar-refractivity contribution is 7.89. The molecule has 0 saturated carbocycles. The standard InChI is InChI=1S/C13H15ClN2O4S/c1-9-13(17,4-5-20-9)8-16-21(18,19)12-6-11(14)3-2-10(12)7-15/h2-3,6,9,16-17H,4-5,8H2,1H3. The number of hydrogen-bond acceptors (Lipinski definition) is 5. The van der Waals surface area contributed by atoms with Crippen LogP contribution in [0.25, 0.3) is 0 Å². The molecule has 6 nitrogen and oxygen atoms in total. The van der Waals surface area contributed by atoms with E-state index >= 15 is 0 Å². The molecule has 0 bridgehead atoms. The maximum atomic E-state index is 12.3. The second kappa shape index (κ2) is 5.91. The average Bonchev–Trinajstić information content (AvgIpc) is 2.77. The van der Waals surface area contributed by atoms with Crippen LogP contribution in [0.4, 0.5) is 0 Å². The van der Waals surface area contributed by atoms with Crippen LogP contribution in [-0.2, 0) is 14.8 Å². The third-order valence-corrected chi connectivity index (χ3v) is 5.26. The lowest BCUT2D eigenvalue weighted by Gasteiger charge is -2.26. The van der Waals surface area contributed by atoms with Crippen LogP contribution >= 0.6 is 11.6 Å². The summed E-state index contributed by atoms with van der Waals surface area (Å²) in [6, 6.07) is 5.80. The van der Waals surface area contributed by atoms with Gasteiger partial charge in [-0.1, -0.05) is 11.6 Å². The fourth-order valence-corrected chi connectivity index (χ4v) is 3.63. The second-order valence-electron chi connectivity index (χ2n) is 4.94. The molecule has 0 radical (unpaired) electrons. The Balaban J connectivity index is 2.24. The quantitative estimate of drug-likeness (QED) is 0.859. The third-order valence-electron chi connectivity index (χ3n) is 3.58. The maximum Gasteiger partial charge on any atom is 0.242 e. The van der Waals surface area contributed by atoms with Crippen molar-refractivity contribution in [3.8, 4) is 6.07 Å². The lowest BCUT2D eigenvalue weighted by Crippen LogP contribution is -2.47. The van der Waals surface area contributed by atoms with Gasteiger partial charge in [-0.3, -0.25) is 0 Å². The van der Waals surface area contributed by atoms with Crippen molar-refractivity contribution in [3.05, 3.63) is 28.8 Å². The van der Waals surface area contributed by atoms with E-state index in [9.17, 15) is 13.5 Å². The first kappa shape index (κ1) is 16.2. The molecular formula is C13H15ClN2O4S. The maximum absolute atomic E-state index is 12.3. The van der Waals surface area contributed by atoms with Crippen LogP contribution in [-0.4, -0.2) is 38.4 Å². The van der Waals surface area contributed by atoms with E-state index < -0.39 is 21.7 Å². The minimum absolute atomic E-state index is 0.00499. The van der Waals surface area contributed by atoms with Gasteiger partial charge < -0.3 is 9.84 Å². The molecule has 1 aliphatic rings. The van der Waals surface area contributed by atoms with Gasteiger partial charge in [-0.05, 0) is 25.1 Å². The van der Waals surface area contributed by atoms with Crippen molar-refractivity contribution in [2.75, 3.05) is 13.2 Å². The highest BCUT2D eigenvalue weighted by Crippen LogP contribution is 2.26. The Morgan fingerprint density at radius 3 is 2.90 bits per heavy atom. The zero-order valence-electron chi connectivity index (χ0n) is 11.3. The Bertz CT molecular complexity index is 686. The Hall–Kier alpha value is -1.17. The number of rotatable bonds is 4. The normalized spacial score (nSPS) is 25.7. The molecule has 0 amide bonds. The summed E-state index contributed by atoms with van der Waals surface area (Å²) in [4.78, 5) is -0.201. The van der Waals surface area contributed by atoms with Gasteiger partial charge in [0.25, 0.3) is 0 Å². The zero-order chi connectivity index (χ0) is 15.7. The number of nitrogens with one attached hydrogen (secondary N) is 1. The fourth-order valence-electron chi connectivity index (χ4n) is 2.11. The zero-order valence-corrected chi connectivity index (χ0v) is 12.9. The number of benzene rings is 1. The molecule has 0 aliphatic carbocycles. The van der Waals surface area contributed by atoms with E-state index in [4.69, 9.17) is 21.6 Å². The number of nitrogens with zero attached hydrogens (tertiary/aromatic N) is 1. The van der Waals surface area contributed by atoms with Crippen molar-refractivity contribution < 1.29 is 18.3 Å². The molecule has 1 saturated heterocycles. The van der Waals surface area contributed by atoms with Gasteiger partial charge in [0.05, 0.1) is 11.7 Å². The molecule has 2 N–H and O–H groups in total. The van der Waals surface area contributed by atoms with Crippen LogP contribution in [0.5, 0.6) is 0 Å². The fraction of sp³-hybridized carbons (Fsp3) is 0.462. The molecule has 21 heavy (non-hydrogen) atoms. The summed E-state index contributed by atoms with van der Waals surface area (Å²) in [5.41, 5.74) is -1.26. The van der Waals surface area contributed by atoms with Gasteiger partial charge in [0.15, 0.2) is 0 Å². The first-order chi connectivity index (χ1) is 9.78. The Kier molecular flexibility index (Phi) is 4.56. The number of ether oxygens (including phenoxy) is 1. The summed E-state index contributed by atoms with van der Waals surface area (Å²) < 4.78 is 32.2. The first-order valence-corrected chi connectivity index (χ1v) is 8.18. The van der Waals surface area contributed by atoms with Gasteiger partial charge in [-0.2, -0.15) is 5.26 Å². The molecule has 0 aromatic heterocycles. The molecule has 1 aromatic carbocycles. The molecule has 8 heteroatoms. The summed E-state index contributed by atoms with van der Waals surface area (Å²) in [5.74, 6) is 0. The summed E-state index contributed by atoms with van der Waals surface area (Å²) >= 11 is 5.79. The van der Waals surface area contributed by atoms with Crippen molar-refractivity contribution in [2.24, 2.45) is 0 Å². The third kappa shape index (κ3) is 3.36. The van der Waals surface area contributed by atoms with Gasteiger partial charge in [0.1, 0.15) is 16.6 Å². The number of halogens is 1. The van der Waals surface area contributed by atoms with Crippen LogP contribution in [0.15, 0.2) is 23.1 Å². The monoisotopic (exact) mass is 330 g/mol. The number of aliphatic hydroxyl groups is 1. The smallest absolute Gasteiger partial charge is 0.242 e. The molecule has 1 fully saturated rings. The van der Waals surface area contributed by atoms with E-state index in [-0.39, 0.29) is 22.0 Å². The van der Waals surface area contributed by atoms with Crippen molar-refractivity contribution in [3.63, 3.8) is 0 Å². The van der Waals surface area contributed by atoms with Crippen LogP contribution in [0.3, 0.4) is 0 Å². The molecule has 2 rings (SSSR count). The van der Waals surface area contributed by atoms with Gasteiger partial charge >= 0.3 is 0 Å². The number of sulfonamides is 1. The average molecular weight is 331 g/mol. The van der Waals surface area contributed by atoms with Crippen LogP contribution < -0.4 is 4.72 Å². The molecule has 2 atom stereocenters. The Labute approximate surface area is 128 Å². The summed E-state index contributed by atoms with van der Waals surface area (Å²) in [5, 5.41) is 19.5. The van der Waals surface area contributed by atoms with E-state index in [0.717, 1.165) is 0 Å². The minimum atomic E-state index is -3.95. The van der Waals surface area contributed by atoms with Gasteiger partial charge in [0.2, 0.25) is 10.0 Å². The number of nitriles is 1. The summed E-state index contributed by atoms with van der Waals surface area (Å²) in [6.07, 6.45) is -0.118. The Morgan fingerprint density at radius 2 is 2.33 bits per heavy atom. The SMILES string of the molecule is CC1OCCC1(O)CNS(=O)(=O)c1cc(Cl)ccc1C#N. The van der Waals surface area contributed by atoms with Crippen molar-refractivity contribution in [1.29, 1.82) is 5.26 Å². The van der Waals surface area contributed by atoms with Crippen molar-refractivity contribution >= 4 is 21.6 Å². The highest BCUT2D eigenvalue weighted by atomic mass is 35.5. The molecule has 0 spiro atoms. The van der Waals surface area contributed by atoms with Crippen LogP contribution in [0.1, 0.15) is 18.9 Å². The lowest BCUT2D eigenvalue weighted by atomic mass is 9.97. The van der Waals surface area contributed by atoms with E-state index in [0.29, 0.717) is 13.0 Å². The van der Waals surface area contributed by atoms with Crippen molar-refractivity contribution in [1.82, 2.24) is 4.72 Å². The van der Waals surface area contributed by atoms with Crippen LogP contribution in [0.2, 0.25) is 5.02 Å². The lowest BCUT2D eigenvalue weighted by molar-refractivity contribution is -0.0228. The number of hydrogen-bond donors (Lipinski definition) is 2. The van der Waals surface area contributed by atoms with E-state index in [1.807, 2.05) is 6.07 Å². The molecule has 2 unspecified atom stereocenters. The van der Waals surface area contributed by atoms with Gasteiger partial charge in [-0.25, -0.2) is 13.1 Å². The van der Waals surface area contributed by atoms with E-state index in [1.165, 1.54) is 18.2 Å². The largest absolute Gasteiger partial charge is 0.386 e. The summed E-state index contributed by atoms with van der Waals surface area (Å²) in [6.45, 7) is 1.87. The van der Waals surface area contributed by atoms with E-state index in [2.05, 4.69) is 4.72 Å². The molecule has 1 heterocycles. The molecular weight excluding hydrogens is 316 g/mol. The molecule has 1 aromatic rings. The first-order valence-electron chi connectivity index (χ1n) is 6.32. The van der Waals surface area contributed by atoms with Gasteiger partial charge in [0, 0.05) is 24.6 Å². The predicted octanol–water partition coefficient (Wildman–Crippen LogP) is 1.03. The van der Waals surface area contributed by atoms with E-state index in [1.54, 1.807) is 6.92 Å². The van der Waals surface area contributed by atoms with Gasteiger partial charge in [-0.15, -0.1) is 0 Å². The molecule has 114 valence electrons. The Morgan fingerprint density at radius 1 is 1.62 bits per heavy atom. The minimum Gasteiger partial charge on any atom is -0.386 e. The molecule has 1 aliphatic heterocycles. The van der Waals surface area contributed by atoms with Crippen molar-refractivity contribution in [2.45, 2.75) is 29.9 Å². The predicted molar refractivity (Wildman–Crippen MR) is 76.3 cm³/mol. The van der Waals surface area contributed by atoms with Crippen LogP contribution in [0, 0.1) is 11.3 Å². The second-order valence-corrected chi connectivity index (χ2v) is 7.12. The summed E-state index contributed by atoms with van der Waals surface area (Å²) in [7, 11) is -3.95.